The highest BCUT2D eigenvalue weighted by molar-refractivity contribution is 7.13. The third kappa shape index (κ3) is 2.08. The Morgan fingerprint density at radius 1 is 1.35 bits per heavy atom. The van der Waals surface area contributed by atoms with Gasteiger partial charge in [0.1, 0.15) is 10.5 Å². The van der Waals surface area contributed by atoms with E-state index in [0.717, 1.165) is 34.7 Å². The van der Waals surface area contributed by atoms with Crippen molar-refractivity contribution in [1.82, 2.24) is 15.3 Å². The lowest BCUT2D eigenvalue weighted by molar-refractivity contribution is 0.220. The summed E-state index contributed by atoms with van der Waals surface area (Å²) in [4.78, 5) is 11.3. The number of hydrogen-bond acceptors (Lipinski definition) is 7. The highest BCUT2D eigenvalue weighted by Crippen LogP contribution is 2.36. The summed E-state index contributed by atoms with van der Waals surface area (Å²) in [6.07, 6.45) is 3.02. The number of hydrogen-bond donors (Lipinski definition) is 2. The first-order valence-electron chi connectivity index (χ1n) is 7.76. The molecule has 3 aliphatic rings. The predicted molar refractivity (Wildman–Crippen MR) is 88.6 cm³/mol. The first kappa shape index (κ1) is 13.5. The number of nitrogens with zero attached hydrogens (tertiary/aromatic N) is 3. The molecule has 118 valence electrons. The number of rotatable bonds is 3. The van der Waals surface area contributed by atoms with E-state index in [-0.39, 0.29) is 6.61 Å². The van der Waals surface area contributed by atoms with Gasteiger partial charge in [-0.2, -0.15) is 4.98 Å². The van der Waals surface area contributed by atoms with Crippen LogP contribution >= 0.6 is 11.3 Å². The van der Waals surface area contributed by atoms with Crippen LogP contribution < -0.4 is 10.2 Å². The van der Waals surface area contributed by atoms with Crippen molar-refractivity contribution in [3.8, 4) is 10.6 Å². The Labute approximate surface area is 136 Å². The number of aromatic nitrogens is 2. The van der Waals surface area contributed by atoms with Gasteiger partial charge >= 0.3 is 0 Å². The molecule has 0 amide bonds. The number of aliphatic hydroxyl groups excluding tert-OH is 1. The number of thiazole rings is 1. The molecule has 2 atom stereocenters. The molecule has 7 heteroatoms. The van der Waals surface area contributed by atoms with Crippen molar-refractivity contribution in [3.63, 3.8) is 0 Å². The summed E-state index contributed by atoms with van der Waals surface area (Å²) in [7, 11) is 0. The lowest BCUT2D eigenvalue weighted by Crippen LogP contribution is -2.67. The van der Waals surface area contributed by atoms with Crippen LogP contribution in [0.25, 0.3) is 21.7 Å². The van der Waals surface area contributed by atoms with E-state index in [1.165, 1.54) is 6.42 Å². The van der Waals surface area contributed by atoms with Crippen LogP contribution in [0.5, 0.6) is 0 Å². The Morgan fingerprint density at radius 2 is 2.17 bits per heavy atom. The van der Waals surface area contributed by atoms with Gasteiger partial charge in [0.25, 0.3) is 6.01 Å². The Bertz CT molecular complexity index is 844. The van der Waals surface area contributed by atoms with Crippen LogP contribution in [-0.4, -0.2) is 40.2 Å². The van der Waals surface area contributed by atoms with E-state index in [1.807, 2.05) is 17.5 Å². The van der Waals surface area contributed by atoms with Gasteiger partial charge in [-0.25, -0.2) is 4.98 Å². The second kappa shape index (κ2) is 5.02. The molecule has 2 unspecified atom stereocenters. The average molecular weight is 328 g/mol. The van der Waals surface area contributed by atoms with Crippen LogP contribution in [0, 0.1) is 0 Å². The fraction of sp³-hybridized carbons (Fsp3) is 0.375. The minimum Gasteiger partial charge on any atom is -0.423 e. The van der Waals surface area contributed by atoms with Crippen molar-refractivity contribution in [2.45, 2.75) is 25.1 Å². The van der Waals surface area contributed by atoms with Crippen molar-refractivity contribution < 1.29 is 9.52 Å². The maximum absolute atomic E-state index is 9.61. The van der Waals surface area contributed by atoms with E-state index in [0.29, 0.717) is 23.7 Å². The van der Waals surface area contributed by atoms with Gasteiger partial charge in [-0.15, -0.1) is 11.3 Å². The second-order valence-corrected chi connectivity index (χ2v) is 7.04. The van der Waals surface area contributed by atoms with Crippen LogP contribution in [-0.2, 0) is 6.61 Å². The summed E-state index contributed by atoms with van der Waals surface area (Å²) in [6, 6.07) is 5.59. The molecular formula is C16H16N4O2S. The first-order chi connectivity index (χ1) is 11.3. The number of aliphatic hydroxyl groups is 1. The largest absolute Gasteiger partial charge is 0.423 e. The number of anilines is 1. The Hall–Kier alpha value is -1.96. The van der Waals surface area contributed by atoms with E-state index in [2.05, 4.69) is 20.2 Å². The molecular weight excluding hydrogens is 312 g/mol. The van der Waals surface area contributed by atoms with Crippen molar-refractivity contribution in [2.24, 2.45) is 0 Å². The smallest absolute Gasteiger partial charge is 0.298 e. The number of benzene rings is 1. The van der Waals surface area contributed by atoms with E-state index in [4.69, 9.17) is 4.42 Å². The van der Waals surface area contributed by atoms with Gasteiger partial charge in [-0.05, 0) is 12.5 Å². The molecule has 1 aromatic carbocycles. The first-order valence-corrected chi connectivity index (χ1v) is 8.64. The lowest BCUT2D eigenvalue weighted by Gasteiger charge is -2.47. The maximum atomic E-state index is 9.61. The zero-order chi connectivity index (χ0) is 15.4. The molecule has 5 heterocycles. The summed E-state index contributed by atoms with van der Waals surface area (Å²) in [5.74, 6) is 0. The topological polar surface area (TPSA) is 74.4 Å². The van der Waals surface area contributed by atoms with Crippen LogP contribution in [0.15, 0.2) is 28.1 Å². The van der Waals surface area contributed by atoms with E-state index in [9.17, 15) is 5.11 Å². The average Bonchev–Trinajstić information content (AvgIpc) is 3.23. The summed E-state index contributed by atoms with van der Waals surface area (Å²) in [5, 5.41) is 16.0. The monoisotopic (exact) mass is 328 g/mol. The van der Waals surface area contributed by atoms with Crippen LogP contribution in [0.4, 0.5) is 6.01 Å². The second-order valence-electron chi connectivity index (χ2n) is 6.14. The van der Waals surface area contributed by atoms with Crippen LogP contribution in [0.2, 0.25) is 0 Å². The van der Waals surface area contributed by atoms with Gasteiger partial charge < -0.3 is 19.7 Å². The molecule has 3 aliphatic heterocycles. The van der Waals surface area contributed by atoms with Gasteiger partial charge in [0.05, 0.1) is 12.2 Å². The molecule has 2 N–H and O–H groups in total. The predicted octanol–water partition coefficient (Wildman–Crippen LogP) is 1.99. The number of oxazole rings is 1. The molecule has 0 spiro atoms. The van der Waals surface area contributed by atoms with E-state index in [1.54, 1.807) is 17.5 Å². The van der Waals surface area contributed by atoms with Crippen molar-refractivity contribution in [3.05, 3.63) is 29.3 Å². The normalized spacial score (nSPS) is 23.3. The molecule has 3 saturated heterocycles. The van der Waals surface area contributed by atoms with Crippen LogP contribution in [0.1, 0.15) is 12.0 Å². The molecule has 6 rings (SSSR count). The highest BCUT2D eigenvalue weighted by atomic mass is 32.1. The highest BCUT2D eigenvalue weighted by Gasteiger charge is 2.38. The van der Waals surface area contributed by atoms with Crippen molar-refractivity contribution >= 4 is 28.5 Å². The van der Waals surface area contributed by atoms with E-state index >= 15 is 0 Å². The Morgan fingerprint density at radius 3 is 2.87 bits per heavy atom. The van der Waals surface area contributed by atoms with Crippen molar-refractivity contribution in [2.75, 3.05) is 18.0 Å². The fourth-order valence-electron chi connectivity index (χ4n) is 3.50. The molecule has 6 nitrogen and oxygen atoms in total. The van der Waals surface area contributed by atoms with Gasteiger partial charge in [0.2, 0.25) is 0 Å². The molecule has 3 aromatic rings. The Kier molecular flexibility index (Phi) is 2.94. The minimum atomic E-state index is -0.0482. The molecule has 0 aliphatic carbocycles. The van der Waals surface area contributed by atoms with Gasteiger partial charge in [0.15, 0.2) is 5.58 Å². The summed E-state index contributed by atoms with van der Waals surface area (Å²) in [6.45, 7) is 1.79. The SMILES string of the molecule is OCc1ccc(-c2nccs2)c2oc(N3CC4CC(C3)N4)nc12. The standard InChI is InChI=1S/C16H16N4O2S/c21-8-9-1-2-12(15-17-3-4-23-15)14-13(9)19-16(22-14)20-6-10-5-11(7-20)18-10/h1-4,10-11,18,21H,5-8H2. The summed E-state index contributed by atoms with van der Waals surface area (Å²) < 4.78 is 6.12. The third-order valence-corrected chi connectivity index (χ3v) is 5.45. The third-order valence-electron chi connectivity index (χ3n) is 4.64. The Balaban J connectivity index is 1.64. The minimum absolute atomic E-state index is 0.0482. The van der Waals surface area contributed by atoms with Gasteiger partial charge in [0, 0.05) is 42.3 Å². The molecule has 23 heavy (non-hydrogen) atoms. The zero-order valence-corrected chi connectivity index (χ0v) is 13.2. The molecule has 2 bridgehead atoms. The molecule has 3 fully saturated rings. The zero-order valence-electron chi connectivity index (χ0n) is 12.4. The van der Waals surface area contributed by atoms with Gasteiger partial charge in [-0.1, -0.05) is 6.07 Å². The quantitative estimate of drug-likeness (QED) is 0.766. The summed E-state index contributed by atoms with van der Waals surface area (Å²) in [5.41, 5.74) is 3.18. The molecule has 0 saturated carbocycles. The number of piperidine rings is 1. The van der Waals surface area contributed by atoms with Crippen molar-refractivity contribution in [1.29, 1.82) is 0 Å². The molecule has 2 aromatic heterocycles. The maximum Gasteiger partial charge on any atom is 0.298 e. The number of piperazine rings is 1. The van der Waals surface area contributed by atoms with E-state index < -0.39 is 0 Å². The van der Waals surface area contributed by atoms with Crippen LogP contribution in [0.3, 0.4) is 0 Å². The lowest BCUT2D eigenvalue weighted by atomic mass is 9.92. The molecule has 0 radical (unpaired) electrons. The fourth-order valence-corrected chi connectivity index (χ4v) is 4.16. The number of fused-ring (bicyclic) bond motifs is 3. The van der Waals surface area contributed by atoms with Gasteiger partial charge in [-0.3, -0.25) is 0 Å². The number of nitrogens with one attached hydrogen (secondary N) is 1. The summed E-state index contributed by atoms with van der Waals surface area (Å²) >= 11 is 1.57.